The van der Waals surface area contributed by atoms with E-state index >= 15 is 0 Å². The Morgan fingerprint density at radius 2 is 1.41 bits per heavy atom. The Morgan fingerprint density at radius 3 is 1.73 bits per heavy atom. The van der Waals surface area contributed by atoms with Crippen LogP contribution >= 0.6 is 69.6 Å². The highest BCUT2D eigenvalue weighted by Gasteiger charge is 2.84. The maximum Gasteiger partial charge on any atom is 0.330 e. The molecule has 3 rings (SSSR count). The van der Waals surface area contributed by atoms with Gasteiger partial charge < -0.3 is 15.1 Å². The van der Waals surface area contributed by atoms with E-state index in [1.54, 1.807) is 0 Å². The fraction of sp³-hybridized carbons (Fsp3) is 0.545. The summed E-state index contributed by atoms with van der Waals surface area (Å²) >= 11 is 38.0. The average molecular weight is 430 g/mol. The number of hydrogen-bond acceptors (Lipinski definition) is 4. The lowest BCUT2D eigenvalue weighted by Gasteiger charge is -2.31. The molecule has 0 aromatic carbocycles. The number of carbonyl (C=O) groups excluding carboxylic acids is 1. The van der Waals surface area contributed by atoms with Gasteiger partial charge in [-0.15, -0.1) is 51.1 Å². The summed E-state index contributed by atoms with van der Waals surface area (Å²) in [5.41, 5.74) is -0.241. The molecule has 0 amide bonds. The van der Waals surface area contributed by atoms with E-state index < -0.39 is 42.6 Å². The summed E-state index contributed by atoms with van der Waals surface area (Å²) in [5, 5.41) is 18.4. The van der Waals surface area contributed by atoms with E-state index in [-0.39, 0.29) is 11.1 Å². The summed E-state index contributed by atoms with van der Waals surface area (Å²) < 4.78 is -1.44. The molecule has 1 aromatic rings. The van der Waals surface area contributed by atoms with E-state index in [1.165, 1.54) is 0 Å². The van der Waals surface area contributed by atoms with Gasteiger partial charge in [0.05, 0.1) is 21.9 Å². The second-order valence-corrected chi connectivity index (χ2v) is 8.54. The first-order valence-electron chi connectivity index (χ1n) is 5.84. The van der Waals surface area contributed by atoms with Crippen molar-refractivity contribution in [2.45, 2.75) is 31.8 Å². The number of alkyl halides is 6. The zero-order valence-electron chi connectivity index (χ0n) is 10.6. The Morgan fingerprint density at radius 1 is 1.05 bits per heavy atom. The lowest BCUT2D eigenvalue weighted by Crippen LogP contribution is -2.40. The summed E-state index contributed by atoms with van der Waals surface area (Å²) in [5.74, 6) is -2.16. The lowest BCUT2D eigenvalue weighted by atomic mass is 9.93. The zero-order chi connectivity index (χ0) is 16.8. The van der Waals surface area contributed by atoms with Crippen LogP contribution in [0.3, 0.4) is 0 Å². The van der Waals surface area contributed by atoms with E-state index in [2.05, 4.69) is 0 Å². The van der Waals surface area contributed by atoms with Gasteiger partial charge in [-0.3, -0.25) is 0 Å². The van der Waals surface area contributed by atoms with Crippen LogP contribution in [0.5, 0.6) is 11.8 Å². The Hall–Kier alpha value is 0.0900. The van der Waals surface area contributed by atoms with E-state index in [9.17, 15) is 15.0 Å². The normalized spacial score (nSPS) is 38.1. The van der Waals surface area contributed by atoms with Gasteiger partial charge in [-0.05, 0) is 0 Å². The van der Waals surface area contributed by atoms with Crippen LogP contribution in [0.15, 0.2) is 0 Å². The highest BCUT2D eigenvalue weighted by atomic mass is 35.5. The number of nitrogens with zero attached hydrogens (tertiary/aromatic N) is 1. The average Bonchev–Trinajstić information content (AvgIpc) is 2.78. The first-order chi connectivity index (χ1) is 9.94. The molecule has 0 aliphatic heterocycles. The molecule has 0 spiro atoms. The number of rotatable bonds is 1. The van der Waals surface area contributed by atoms with Crippen molar-refractivity contribution in [1.82, 2.24) is 4.73 Å². The van der Waals surface area contributed by atoms with Crippen molar-refractivity contribution in [3.63, 3.8) is 0 Å². The van der Waals surface area contributed by atoms with Crippen LogP contribution in [-0.2, 0) is 14.5 Å². The molecule has 4 unspecified atom stereocenters. The molecule has 5 nitrogen and oxygen atoms in total. The van der Waals surface area contributed by atoms with Crippen LogP contribution in [0.25, 0.3) is 0 Å². The topological polar surface area (TPSA) is 71.7 Å². The number of fused-ring (bicyclic) bond motifs is 5. The minimum Gasteiger partial charge on any atom is -0.492 e. The molecule has 1 fully saturated rings. The van der Waals surface area contributed by atoms with Gasteiger partial charge in [0.15, 0.2) is 4.33 Å². The van der Waals surface area contributed by atoms with Gasteiger partial charge in [0.25, 0.3) is 0 Å². The van der Waals surface area contributed by atoms with Gasteiger partial charge in [0.2, 0.25) is 11.8 Å². The zero-order valence-corrected chi connectivity index (χ0v) is 15.1. The van der Waals surface area contributed by atoms with Crippen molar-refractivity contribution in [3.8, 4) is 11.8 Å². The van der Waals surface area contributed by atoms with Gasteiger partial charge in [-0.25, -0.2) is 4.79 Å². The van der Waals surface area contributed by atoms with Gasteiger partial charge in [0, 0.05) is 6.92 Å². The summed E-state index contributed by atoms with van der Waals surface area (Å²) in [6.07, 6.45) is 0. The molecule has 4 atom stereocenters. The first kappa shape index (κ1) is 16.9. The van der Waals surface area contributed by atoms with E-state index in [0.29, 0.717) is 4.73 Å². The minimum atomic E-state index is -1.92. The Labute approximate surface area is 154 Å². The summed E-state index contributed by atoms with van der Waals surface area (Å²) in [6.45, 7) is 1.08. The molecule has 2 aliphatic rings. The molecule has 122 valence electrons. The third-order valence-corrected chi connectivity index (χ3v) is 8.47. The van der Waals surface area contributed by atoms with Crippen molar-refractivity contribution in [1.29, 1.82) is 0 Å². The fourth-order valence-corrected chi connectivity index (χ4v) is 6.12. The number of aromatic hydroxyl groups is 2. The molecule has 0 saturated heterocycles. The third-order valence-electron chi connectivity index (χ3n) is 3.96. The van der Waals surface area contributed by atoms with E-state index in [0.717, 1.165) is 6.92 Å². The second kappa shape index (κ2) is 4.58. The smallest absolute Gasteiger partial charge is 0.330 e. The molecule has 0 radical (unpaired) electrons. The maximum absolute atomic E-state index is 11.1. The number of hydrogen-bond donors (Lipinski definition) is 2. The highest BCUT2D eigenvalue weighted by Crippen LogP contribution is 2.79. The predicted octanol–water partition coefficient (Wildman–Crippen LogP) is 3.16. The fourth-order valence-electron chi connectivity index (χ4n) is 3.04. The SMILES string of the molecule is CC(=O)On1c(O)c2c(c1O)C1(Cl)C(Cl)C(Cl)C2(Cl)C1(Cl)Cl. The second-order valence-electron chi connectivity index (χ2n) is 5.08. The number of carbonyl (C=O) groups is 1. The van der Waals surface area contributed by atoms with Crippen molar-refractivity contribution in [2.75, 3.05) is 0 Å². The van der Waals surface area contributed by atoms with Crippen LogP contribution in [0, 0.1) is 0 Å². The molecule has 2 aliphatic carbocycles. The molecular formula is C11H7Cl6NO4. The van der Waals surface area contributed by atoms with Crippen molar-refractivity contribution < 1.29 is 19.8 Å². The van der Waals surface area contributed by atoms with Crippen LogP contribution in [0.4, 0.5) is 0 Å². The van der Waals surface area contributed by atoms with E-state index in [1.807, 2.05) is 0 Å². The summed E-state index contributed by atoms with van der Waals surface area (Å²) in [6, 6.07) is 0. The van der Waals surface area contributed by atoms with Crippen LogP contribution in [-0.4, -0.2) is 36.0 Å². The van der Waals surface area contributed by atoms with E-state index in [4.69, 9.17) is 74.4 Å². The molecule has 1 saturated carbocycles. The van der Waals surface area contributed by atoms with Gasteiger partial charge in [-0.2, -0.15) is 0 Å². The molecule has 11 heteroatoms. The van der Waals surface area contributed by atoms with Gasteiger partial charge >= 0.3 is 5.97 Å². The van der Waals surface area contributed by atoms with Crippen molar-refractivity contribution >= 4 is 75.6 Å². The summed E-state index contributed by atoms with van der Waals surface area (Å²) in [4.78, 5) is 12.2. The van der Waals surface area contributed by atoms with Gasteiger partial charge in [-0.1, -0.05) is 23.2 Å². The minimum absolute atomic E-state index is 0.121. The predicted molar refractivity (Wildman–Crippen MR) is 83.8 cm³/mol. The monoisotopic (exact) mass is 427 g/mol. The highest BCUT2D eigenvalue weighted by molar-refractivity contribution is 6.62. The van der Waals surface area contributed by atoms with Crippen LogP contribution in [0.2, 0.25) is 0 Å². The van der Waals surface area contributed by atoms with Crippen LogP contribution in [0.1, 0.15) is 18.1 Å². The largest absolute Gasteiger partial charge is 0.492 e. The quantitative estimate of drug-likeness (QED) is 0.673. The molecule has 2 N–H and O–H groups in total. The molecule has 1 heterocycles. The Kier molecular flexibility index (Phi) is 3.53. The standard InChI is InChI=1S/C11H7Cl6NO4/c1-2(19)22-18-7(20)3-4(8(18)21)10(15)6(13)5(12)9(3,14)11(10,16)17/h5-6,20-21H,1H3. The number of halogens is 6. The molecule has 22 heavy (non-hydrogen) atoms. The molecular weight excluding hydrogens is 423 g/mol. The maximum atomic E-state index is 11.1. The third kappa shape index (κ3) is 1.49. The first-order valence-corrected chi connectivity index (χ1v) is 8.22. The Bertz CT molecular complexity index is 658. The number of aromatic nitrogens is 1. The lowest BCUT2D eigenvalue weighted by molar-refractivity contribution is -0.142. The van der Waals surface area contributed by atoms with Crippen molar-refractivity contribution in [3.05, 3.63) is 11.1 Å². The van der Waals surface area contributed by atoms with Crippen molar-refractivity contribution in [2.24, 2.45) is 0 Å². The van der Waals surface area contributed by atoms with Gasteiger partial charge in [0.1, 0.15) is 9.75 Å². The van der Waals surface area contributed by atoms with Crippen LogP contribution < -0.4 is 4.84 Å². The summed E-state index contributed by atoms with van der Waals surface area (Å²) in [7, 11) is 0. The Balaban J connectivity index is 2.38. The molecule has 1 aromatic heterocycles. The molecule has 2 bridgehead atoms.